The number of hydrogen-bond acceptors (Lipinski definition) is 2. The van der Waals surface area contributed by atoms with Crippen LogP contribution < -0.4 is 5.32 Å². The van der Waals surface area contributed by atoms with Crippen molar-refractivity contribution in [2.75, 3.05) is 27.7 Å². The van der Waals surface area contributed by atoms with E-state index in [1.165, 1.54) is 17.5 Å². The van der Waals surface area contributed by atoms with Crippen molar-refractivity contribution in [3.8, 4) is 0 Å². The van der Waals surface area contributed by atoms with Gasteiger partial charge in [-0.3, -0.25) is 0 Å². The molecule has 96 valence electrons. The van der Waals surface area contributed by atoms with Gasteiger partial charge in [0, 0.05) is 6.04 Å². The number of nitrogens with zero attached hydrogens (tertiary/aromatic N) is 1. The molecule has 0 fully saturated rings. The number of rotatable bonds is 6. The summed E-state index contributed by atoms with van der Waals surface area (Å²) in [7, 11) is 6.39. The zero-order valence-electron chi connectivity index (χ0n) is 11.8. The summed E-state index contributed by atoms with van der Waals surface area (Å²) in [6.45, 7) is 5.54. The fourth-order valence-electron chi connectivity index (χ4n) is 2.61. The second kappa shape index (κ2) is 6.77. The summed E-state index contributed by atoms with van der Waals surface area (Å²) in [6.07, 6.45) is 1.19. The van der Waals surface area contributed by atoms with Gasteiger partial charge in [-0.2, -0.15) is 0 Å². The topological polar surface area (TPSA) is 15.3 Å². The van der Waals surface area contributed by atoms with Crippen LogP contribution in [-0.4, -0.2) is 32.6 Å². The molecule has 1 aromatic rings. The molecule has 1 N–H and O–H groups in total. The van der Waals surface area contributed by atoms with Crippen molar-refractivity contribution in [3.05, 3.63) is 35.4 Å². The molecule has 1 aromatic carbocycles. The van der Waals surface area contributed by atoms with Gasteiger partial charge in [-0.15, -0.1) is 0 Å². The molecule has 0 bridgehead atoms. The molecule has 0 aliphatic heterocycles. The second-order valence-electron chi connectivity index (χ2n) is 4.99. The van der Waals surface area contributed by atoms with E-state index in [1.807, 2.05) is 7.05 Å². The molecular weight excluding hydrogens is 208 g/mol. The standard InChI is InChI=1S/C15H26N2/c1-6-13(11-16-3)15(17(4)5)14-10-8-7-9-12(14)2/h7-10,13,15-16H,6,11H2,1-5H3. The van der Waals surface area contributed by atoms with E-state index in [-0.39, 0.29) is 0 Å². The summed E-state index contributed by atoms with van der Waals surface area (Å²) < 4.78 is 0. The average molecular weight is 234 g/mol. The van der Waals surface area contributed by atoms with Crippen molar-refractivity contribution in [2.24, 2.45) is 5.92 Å². The molecule has 2 heteroatoms. The fraction of sp³-hybridized carbons (Fsp3) is 0.600. The number of hydrogen-bond donors (Lipinski definition) is 1. The highest BCUT2D eigenvalue weighted by Crippen LogP contribution is 2.30. The van der Waals surface area contributed by atoms with Crippen LogP contribution in [0.3, 0.4) is 0 Å². The van der Waals surface area contributed by atoms with E-state index in [1.54, 1.807) is 0 Å². The first kappa shape index (κ1) is 14.2. The van der Waals surface area contributed by atoms with Crippen LogP contribution in [0.4, 0.5) is 0 Å². The Morgan fingerprint density at radius 3 is 2.35 bits per heavy atom. The molecule has 0 amide bonds. The van der Waals surface area contributed by atoms with Gasteiger partial charge < -0.3 is 10.2 Å². The van der Waals surface area contributed by atoms with E-state index < -0.39 is 0 Å². The van der Waals surface area contributed by atoms with Crippen LogP contribution in [0.25, 0.3) is 0 Å². The Bertz CT molecular complexity index is 333. The first-order chi connectivity index (χ1) is 8.11. The van der Waals surface area contributed by atoms with Gasteiger partial charge in [-0.1, -0.05) is 37.6 Å². The summed E-state index contributed by atoms with van der Waals surface area (Å²) in [5.41, 5.74) is 2.85. The molecule has 0 saturated heterocycles. The Morgan fingerprint density at radius 1 is 1.24 bits per heavy atom. The predicted octanol–water partition coefficient (Wildman–Crippen LogP) is 2.84. The van der Waals surface area contributed by atoms with Crippen LogP contribution in [-0.2, 0) is 0 Å². The summed E-state index contributed by atoms with van der Waals surface area (Å²) in [5, 5.41) is 3.32. The van der Waals surface area contributed by atoms with Gasteiger partial charge in [0.25, 0.3) is 0 Å². The quantitative estimate of drug-likeness (QED) is 0.814. The van der Waals surface area contributed by atoms with E-state index in [0.29, 0.717) is 12.0 Å². The first-order valence-electron chi connectivity index (χ1n) is 6.48. The van der Waals surface area contributed by atoms with Gasteiger partial charge in [0.05, 0.1) is 0 Å². The van der Waals surface area contributed by atoms with Gasteiger partial charge in [-0.05, 0) is 51.7 Å². The smallest absolute Gasteiger partial charge is 0.0384 e. The first-order valence-corrected chi connectivity index (χ1v) is 6.48. The highest BCUT2D eigenvalue weighted by atomic mass is 15.1. The molecule has 2 atom stereocenters. The van der Waals surface area contributed by atoms with Gasteiger partial charge in [0.15, 0.2) is 0 Å². The van der Waals surface area contributed by atoms with Crippen LogP contribution in [0.15, 0.2) is 24.3 Å². The van der Waals surface area contributed by atoms with E-state index in [9.17, 15) is 0 Å². The third kappa shape index (κ3) is 3.55. The van der Waals surface area contributed by atoms with E-state index in [4.69, 9.17) is 0 Å². The summed E-state index contributed by atoms with van der Waals surface area (Å²) >= 11 is 0. The zero-order valence-corrected chi connectivity index (χ0v) is 11.8. The lowest BCUT2D eigenvalue weighted by atomic mass is 9.87. The maximum atomic E-state index is 3.32. The van der Waals surface area contributed by atoms with Crippen molar-refractivity contribution in [3.63, 3.8) is 0 Å². The van der Waals surface area contributed by atoms with Crippen molar-refractivity contribution >= 4 is 0 Å². The molecule has 0 aliphatic carbocycles. The Kier molecular flexibility index (Phi) is 5.66. The SMILES string of the molecule is CCC(CNC)C(c1ccccc1C)N(C)C. The van der Waals surface area contributed by atoms with Crippen LogP contribution in [0.5, 0.6) is 0 Å². The van der Waals surface area contributed by atoms with Crippen molar-refractivity contribution in [1.82, 2.24) is 10.2 Å². The maximum absolute atomic E-state index is 3.32. The highest BCUT2D eigenvalue weighted by Gasteiger charge is 2.24. The van der Waals surface area contributed by atoms with Gasteiger partial charge in [0.2, 0.25) is 0 Å². The second-order valence-corrected chi connectivity index (χ2v) is 4.99. The largest absolute Gasteiger partial charge is 0.319 e. The van der Waals surface area contributed by atoms with Gasteiger partial charge in [-0.25, -0.2) is 0 Å². The van der Waals surface area contributed by atoms with Gasteiger partial charge >= 0.3 is 0 Å². The molecule has 17 heavy (non-hydrogen) atoms. The van der Waals surface area contributed by atoms with E-state index in [2.05, 4.69) is 62.4 Å². The highest BCUT2D eigenvalue weighted by molar-refractivity contribution is 5.29. The number of nitrogens with one attached hydrogen (secondary N) is 1. The zero-order chi connectivity index (χ0) is 12.8. The molecule has 2 nitrogen and oxygen atoms in total. The van der Waals surface area contributed by atoms with E-state index in [0.717, 1.165) is 6.54 Å². The molecule has 0 saturated carbocycles. The minimum atomic E-state index is 0.494. The molecular formula is C15H26N2. The normalized spacial score (nSPS) is 14.9. The van der Waals surface area contributed by atoms with Crippen LogP contribution in [0.2, 0.25) is 0 Å². The van der Waals surface area contributed by atoms with Crippen molar-refractivity contribution in [1.29, 1.82) is 0 Å². The van der Waals surface area contributed by atoms with Gasteiger partial charge in [0.1, 0.15) is 0 Å². The average Bonchev–Trinajstić information content (AvgIpc) is 2.30. The third-order valence-electron chi connectivity index (χ3n) is 3.50. The number of aryl methyl sites for hydroxylation is 1. The minimum Gasteiger partial charge on any atom is -0.319 e. The molecule has 0 aliphatic rings. The summed E-state index contributed by atoms with van der Waals surface area (Å²) in [5.74, 6) is 0.649. The molecule has 0 aromatic heterocycles. The van der Waals surface area contributed by atoms with Crippen LogP contribution in [0.1, 0.15) is 30.5 Å². The number of benzene rings is 1. The minimum absolute atomic E-state index is 0.494. The molecule has 0 spiro atoms. The lowest BCUT2D eigenvalue weighted by Crippen LogP contribution is -2.33. The lowest BCUT2D eigenvalue weighted by molar-refractivity contribution is 0.204. The monoisotopic (exact) mass is 234 g/mol. The Hall–Kier alpha value is -0.860. The predicted molar refractivity (Wildman–Crippen MR) is 75.3 cm³/mol. The van der Waals surface area contributed by atoms with Crippen LogP contribution >= 0.6 is 0 Å². The molecule has 0 radical (unpaired) electrons. The maximum Gasteiger partial charge on any atom is 0.0384 e. The van der Waals surface area contributed by atoms with E-state index >= 15 is 0 Å². The third-order valence-corrected chi connectivity index (χ3v) is 3.50. The van der Waals surface area contributed by atoms with Crippen LogP contribution in [0, 0.1) is 12.8 Å². The molecule has 1 rings (SSSR count). The fourth-order valence-corrected chi connectivity index (χ4v) is 2.61. The molecule has 0 heterocycles. The molecule has 2 unspecified atom stereocenters. The Labute approximate surface area is 106 Å². The summed E-state index contributed by atoms with van der Waals surface area (Å²) in [6, 6.07) is 9.22. The lowest BCUT2D eigenvalue weighted by Gasteiger charge is -2.33. The van der Waals surface area contributed by atoms with Crippen molar-refractivity contribution < 1.29 is 0 Å². The summed E-state index contributed by atoms with van der Waals surface area (Å²) in [4.78, 5) is 2.34. The Morgan fingerprint density at radius 2 is 1.88 bits per heavy atom. The van der Waals surface area contributed by atoms with Crippen molar-refractivity contribution in [2.45, 2.75) is 26.3 Å². The Balaban J connectivity index is 3.04.